The number of nitrogens with zero attached hydrogens (tertiary/aromatic N) is 1. The molecule has 1 atom stereocenters. The summed E-state index contributed by atoms with van der Waals surface area (Å²) in [7, 11) is 0. The highest BCUT2D eigenvalue weighted by molar-refractivity contribution is 6.30. The second-order valence-corrected chi connectivity index (χ2v) is 7.20. The molecule has 2 N–H and O–H groups in total. The first-order chi connectivity index (χ1) is 13.0. The number of piperidine rings is 1. The van der Waals surface area contributed by atoms with Gasteiger partial charge in [0, 0.05) is 30.2 Å². The fourth-order valence-corrected chi connectivity index (χ4v) is 3.46. The molecule has 3 rings (SSSR count). The number of para-hydroxylation sites is 1. The van der Waals surface area contributed by atoms with Gasteiger partial charge >= 0.3 is 0 Å². The molecule has 1 saturated heterocycles. The number of hydrogen-bond donors (Lipinski definition) is 2. The lowest BCUT2D eigenvalue weighted by atomic mass is 9.96. The Hall–Kier alpha value is -2.53. The highest BCUT2D eigenvalue weighted by Crippen LogP contribution is 2.20. The van der Waals surface area contributed by atoms with Gasteiger partial charge < -0.3 is 15.3 Å². The molecule has 142 valence electrons. The first-order valence-corrected chi connectivity index (χ1v) is 9.52. The van der Waals surface area contributed by atoms with Gasteiger partial charge in [-0.25, -0.2) is 0 Å². The maximum absolute atomic E-state index is 12.6. The van der Waals surface area contributed by atoms with Gasteiger partial charge in [-0.05, 0) is 55.2 Å². The molecule has 1 fully saturated rings. The Morgan fingerprint density at radius 2 is 1.89 bits per heavy atom. The zero-order chi connectivity index (χ0) is 19.2. The fourth-order valence-electron chi connectivity index (χ4n) is 3.34. The van der Waals surface area contributed by atoms with Crippen LogP contribution in [-0.2, 0) is 11.2 Å². The van der Waals surface area contributed by atoms with Gasteiger partial charge in [-0.1, -0.05) is 29.8 Å². The van der Waals surface area contributed by atoms with Crippen molar-refractivity contribution in [2.45, 2.75) is 19.3 Å². The monoisotopic (exact) mass is 386 g/mol. The van der Waals surface area contributed by atoms with Crippen molar-refractivity contribution in [1.29, 1.82) is 0 Å². The van der Waals surface area contributed by atoms with Crippen LogP contribution in [0.15, 0.2) is 48.5 Å². The van der Waals surface area contributed by atoms with Gasteiger partial charge in [-0.2, -0.15) is 0 Å². The lowest BCUT2D eigenvalue weighted by Gasteiger charge is -2.32. The van der Waals surface area contributed by atoms with Gasteiger partial charge in [0.15, 0.2) is 0 Å². The quantitative estimate of drug-likeness (QED) is 0.828. The van der Waals surface area contributed by atoms with E-state index in [1.54, 1.807) is 41.3 Å². The molecule has 6 heteroatoms. The highest BCUT2D eigenvalue weighted by Gasteiger charge is 2.28. The minimum atomic E-state index is -0.209. The topological polar surface area (TPSA) is 69.6 Å². The van der Waals surface area contributed by atoms with Gasteiger partial charge in [-0.3, -0.25) is 9.59 Å². The molecular formula is C21H23ClN2O3. The van der Waals surface area contributed by atoms with Crippen LogP contribution in [0.2, 0.25) is 5.02 Å². The Morgan fingerprint density at radius 1 is 1.15 bits per heavy atom. The number of halogens is 1. The highest BCUT2D eigenvalue weighted by atomic mass is 35.5. The number of likely N-dealkylation sites (tertiary alicyclic amines) is 1. The smallest absolute Gasteiger partial charge is 0.253 e. The molecule has 0 radical (unpaired) electrons. The van der Waals surface area contributed by atoms with E-state index in [9.17, 15) is 14.7 Å². The number of nitrogens with one attached hydrogen (secondary N) is 1. The standard InChI is InChI=1S/C21H23ClN2O3/c22-18-9-7-16(8-10-18)21(27)24-13-3-5-17(14-24)20(26)23-12-11-15-4-1-2-6-19(15)25/h1-2,4,6-10,17,25H,3,5,11-14H2,(H,23,26). The summed E-state index contributed by atoms with van der Waals surface area (Å²) in [5.74, 6) is -0.0825. The third kappa shape index (κ3) is 5.01. The third-order valence-electron chi connectivity index (χ3n) is 4.86. The molecule has 2 aromatic rings. The largest absolute Gasteiger partial charge is 0.508 e. The van der Waals surface area contributed by atoms with Crippen LogP contribution in [0.4, 0.5) is 0 Å². The van der Waals surface area contributed by atoms with Crippen LogP contribution in [0.3, 0.4) is 0 Å². The predicted octanol–water partition coefficient (Wildman–Crippen LogP) is 3.26. The summed E-state index contributed by atoms with van der Waals surface area (Å²) < 4.78 is 0. The van der Waals surface area contributed by atoms with Crippen molar-refractivity contribution in [2.75, 3.05) is 19.6 Å². The average Bonchev–Trinajstić information content (AvgIpc) is 2.69. The van der Waals surface area contributed by atoms with E-state index in [1.165, 1.54) is 0 Å². The zero-order valence-corrected chi connectivity index (χ0v) is 15.8. The number of phenolic OH excluding ortho intramolecular Hbond substituents is 1. The lowest BCUT2D eigenvalue weighted by molar-refractivity contribution is -0.126. The van der Waals surface area contributed by atoms with Crippen molar-refractivity contribution in [2.24, 2.45) is 5.92 Å². The van der Waals surface area contributed by atoms with E-state index >= 15 is 0 Å². The van der Waals surface area contributed by atoms with Crippen molar-refractivity contribution in [3.63, 3.8) is 0 Å². The number of carbonyl (C=O) groups is 2. The van der Waals surface area contributed by atoms with Crippen LogP contribution in [0, 0.1) is 5.92 Å². The van der Waals surface area contributed by atoms with Crippen molar-refractivity contribution >= 4 is 23.4 Å². The Labute approximate surface area is 163 Å². The van der Waals surface area contributed by atoms with Gasteiger partial charge in [0.2, 0.25) is 5.91 Å². The molecule has 1 aliphatic rings. The number of hydrogen-bond acceptors (Lipinski definition) is 3. The number of benzene rings is 2. The summed E-state index contributed by atoms with van der Waals surface area (Å²) >= 11 is 5.88. The SMILES string of the molecule is O=C(NCCc1ccccc1O)C1CCCN(C(=O)c2ccc(Cl)cc2)C1. The Kier molecular flexibility index (Phi) is 6.35. The van der Waals surface area contributed by atoms with E-state index in [4.69, 9.17) is 11.6 Å². The summed E-state index contributed by atoms with van der Waals surface area (Å²) in [5.41, 5.74) is 1.39. The molecular weight excluding hydrogens is 364 g/mol. The first kappa shape index (κ1) is 19.2. The van der Waals surface area contributed by atoms with E-state index in [1.807, 2.05) is 12.1 Å². The number of amides is 2. The van der Waals surface area contributed by atoms with Gasteiger partial charge in [0.05, 0.1) is 5.92 Å². The second kappa shape index (κ2) is 8.91. The van der Waals surface area contributed by atoms with Crippen LogP contribution in [0.5, 0.6) is 5.75 Å². The molecule has 0 spiro atoms. The number of phenols is 1. The summed E-state index contributed by atoms with van der Waals surface area (Å²) in [6, 6.07) is 13.9. The minimum absolute atomic E-state index is 0.0426. The maximum atomic E-state index is 12.6. The van der Waals surface area contributed by atoms with E-state index in [2.05, 4.69) is 5.32 Å². The number of rotatable bonds is 5. The molecule has 0 aliphatic carbocycles. The second-order valence-electron chi connectivity index (χ2n) is 6.77. The molecule has 0 saturated carbocycles. The normalized spacial score (nSPS) is 16.8. The van der Waals surface area contributed by atoms with Crippen molar-refractivity contribution in [1.82, 2.24) is 10.2 Å². The van der Waals surface area contributed by atoms with Crippen LogP contribution in [-0.4, -0.2) is 41.5 Å². The predicted molar refractivity (Wildman–Crippen MR) is 105 cm³/mol. The van der Waals surface area contributed by atoms with Gasteiger partial charge in [0.1, 0.15) is 5.75 Å². The molecule has 0 bridgehead atoms. The third-order valence-corrected chi connectivity index (χ3v) is 5.11. The van der Waals surface area contributed by atoms with Gasteiger partial charge in [-0.15, -0.1) is 0 Å². The summed E-state index contributed by atoms with van der Waals surface area (Å²) in [6.07, 6.45) is 2.14. The molecule has 2 aromatic carbocycles. The van der Waals surface area contributed by atoms with Gasteiger partial charge in [0.25, 0.3) is 5.91 Å². The molecule has 27 heavy (non-hydrogen) atoms. The minimum Gasteiger partial charge on any atom is -0.508 e. The van der Waals surface area contributed by atoms with Crippen LogP contribution in [0.1, 0.15) is 28.8 Å². The molecule has 1 unspecified atom stereocenters. The maximum Gasteiger partial charge on any atom is 0.253 e. The Balaban J connectivity index is 1.52. The van der Waals surface area contributed by atoms with E-state index in [-0.39, 0.29) is 23.5 Å². The average molecular weight is 387 g/mol. The van der Waals surface area contributed by atoms with E-state index in [0.717, 1.165) is 18.4 Å². The first-order valence-electron chi connectivity index (χ1n) is 9.14. The van der Waals surface area contributed by atoms with Crippen LogP contribution >= 0.6 is 11.6 Å². The lowest BCUT2D eigenvalue weighted by Crippen LogP contribution is -2.45. The Morgan fingerprint density at radius 3 is 2.63 bits per heavy atom. The van der Waals surface area contributed by atoms with Crippen molar-refractivity contribution in [3.05, 3.63) is 64.7 Å². The fraction of sp³-hybridized carbons (Fsp3) is 0.333. The van der Waals surface area contributed by atoms with Crippen LogP contribution < -0.4 is 5.32 Å². The Bertz CT molecular complexity index is 807. The van der Waals surface area contributed by atoms with Crippen LogP contribution in [0.25, 0.3) is 0 Å². The summed E-state index contributed by atoms with van der Waals surface area (Å²) in [5, 5.41) is 13.3. The van der Waals surface area contributed by atoms with Crippen molar-refractivity contribution in [3.8, 4) is 5.75 Å². The molecule has 2 amide bonds. The zero-order valence-electron chi connectivity index (χ0n) is 15.0. The molecule has 0 aromatic heterocycles. The summed E-state index contributed by atoms with van der Waals surface area (Å²) in [6.45, 7) is 1.53. The van der Waals surface area contributed by atoms with Crippen molar-refractivity contribution < 1.29 is 14.7 Å². The summed E-state index contributed by atoms with van der Waals surface area (Å²) in [4.78, 5) is 26.9. The van der Waals surface area contributed by atoms with E-state index < -0.39 is 0 Å². The number of carbonyl (C=O) groups excluding carboxylic acids is 2. The molecule has 1 aliphatic heterocycles. The molecule has 5 nitrogen and oxygen atoms in total. The molecule has 1 heterocycles. The number of aromatic hydroxyl groups is 1. The van der Waals surface area contributed by atoms with E-state index in [0.29, 0.717) is 36.6 Å².